The van der Waals surface area contributed by atoms with E-state index in [0.29, 0.717) is 5.75 Å². The molecule has 0 aliphatic carbocycles. The standard InChI is InChI=1S/C21H26BrN3O2/c1-24-11-13-25(14-12-24)15-20(17-5-3-2-4-6-17)23-21(26)16-27-19-9-7-18(22)8-10-19/h2-10,20H,11-16H2,1H3,(H,23,26). The van der Waals surface area contributed by atoms with E-state index in [0.717, 1.165) is 42.8 Å². The summed E-state index contributed by atoms with van der Waals surface area (Å²) in [5.74, 6) is 0.574. The maximum Gasteiger partial charge on any atom is 0.258 e. The van der Waals surface area contributed by atoms with Crippen molar-refractivity contribution in [3.8, 4) is 5.75 Å². The minimum Gasteiger partial charge on any atom is -0.484 e. The first-order valence-electron chi connectivity index (χ1n) is 9.24. The molecule has 1 aliphatic rings. The van der Waals surface area contributed by atoms with Crippen LogP contribution in [0.15, 0.2) is 59.1 Å². The summed E-state index contributed by atoms with van der Waals surface area (Å²) < 4.78 is 6.59. The van der Waals surface area contributed by atoms with E-state index in [2.05, 4.69) is 50.2 Å². The van der Waals surface area contributed by atoms with E-state index >= 15 is 0 Å². The molecule has 1 fully saturated rings. The van der Waals surface area contributed by atoms with Gasteiger partial charge in [0, 0.05) is 37.2 Å². The number of ether oxygens (including phenoxy) is 1. The lowest BCUT2D eigenvalue weighted by Gasteiger charge is -2.35. The van der Waals surface area contributed by atoms with E-state index in [9.17, 15) is 4.79 Å². The molecule has 5 nitrogen and oxygen atoms in total. The fraction of sp³-hybridized carbons (Fsp3) is 0.381. The maximum atomic E-state index is 12.5. The fourth-order valence-corrected chi connectivity index (χ4v) is 3.39. The first-order chi connectivity index (χ1) is 13.1. The number of nitrogens with zero attached hydrogens (tertiary/aromatic N) is 2. The Bertz CT molecular complexity index is 716. The van der Waals surface area contributed by atoms with E-state index in [4.69, 9.17) is 4.74 Å². The van der Waals surface area contributed by atoms with Crippen LogP contribution in [0.1, 0.15) is 11.6 Å². The van der Waals surface area contributed by atoms with Crippen LogP contribution in [0.25, 0.3) is 0 Å². The Morgan fingerprint density at radius 3 is 2.41 bits per heavy atom. The molecule has 0 aromatic heterocycles. The number of carbonyl (C=O) groups excluding carboxylic acids is 1. The largest absolute Gasteiger partial charge is 0.484 e. The number of halogens is 1. The summed E-state index contributed by atoms with van der Waals surface area (Å²) in [6.07, 6.45) is 0. The average molecular weight is 432 g/mol. The topological polar surface area (TPSA) is 44.8 Å². The summed E-state index contributed by atoms with van der Waals surface area (Å²) in [6.45, 7) is 4.97. The van der Waals surface area contributed by atoms with Crippen LogP contribution < -0.4 is 10.1 Å². The summed E-state index contributed by atoms with van der Waals surface area (Å²) in [4.78, 5) is 17.2. The number of nitrogens with one attached hydrogen (secondary N) is 1. The van der Waals surface area contributed by atoms with Gasteiger partial charge in [0.05, 0.1) is 6.04 Å². The van der Waals surface area contributed by atoms with Crippen LogP contribution in [0, 0.1) is 0 Å². The number of hydrogen-bond acceptors (Lipinski definition) is 4. The summed E-state index contributed by atoms with van der Waals surface area (Å²) in [6, 6.07) is 17.6. The number of rotatable bonds is 7. The van der Waals surface area contributed by atoms with Crippen molar-refractivity contribution in [2.75, 3.05) is 46.4 Å². The van der Waals surface area contributed by atoms with Crippen molar-refractivity contribution in [3.63, 3.8) is 0 Å². The van der Waals surface area contributed by atoms with Crippen molar-refractivity contribution in [2.24, 2.45) is 0 Å². The van der Waals surface area contributed by atoms with E-state index < -0.39 is 0 Å². The highest BCUT2D eigenvalue weighted by Crippen LogP contribution is 2.17. The lowest BCUT2D eigenvalue weighted by atomic mass is 10.1. The smallest absolute Gasteiger partial charge is 0.258 e. The Balaban J connectivity index is 1.58. The molecular formula is C21H26BrN3O2. The molecule has 6 heteroatoms. The highest BCUT2D eigenvalue weighted by atomic mass is 79.9. The number of carbonyl (C=O) groups is 1. The van der Waals surface area contributed by atoms with Crippen LogP contribution in [0.4, 0.5) is 0 Å². The van der Waals surface area contributed by atoms with Gasteiger partial charge < -0.3 is 15.0 Å². The van der Waals surface area contributed by atoms with Crippen molar-refractivity contribution in [3.05, 3.63) is 64.6 Å². The van der Waals surface area contributed by atoms with Crippen LogP contribution in [-0.4, -0.2) is 62.1 Å². The van der Waals surface area contributed by atoms with Crippen LogP contribution in [-0.2, 0) is 4.79 Å². The summed E-state index contributed by atoms with van der Waals surface area (Å²) in [5.41, 5.74) is 1.12. The van der Waals surface area contributed by atoms with Gasteiger partial charge in [-0.25, -0.2) is 0 Å². The van der Waals surface area contributed by atoms with Gasteiger partial charge in [0.2, 0.25) is 0 Å². The van der Waals surface area contributed by atoms with Gasteiger partial charge in [-0.05, 0) is 36.9 Å². The molecule has 27 heavy (non-hydrogen) atoms. The van der Waals surface area contributed by atoms with Crippen molar-refractivity contribution in [1.82, 2.24) is 15.1 Å². The molecule has 144 valence electrons. The first-order valence-corrected chi connectivity index (χ1v) is 10.0. The van der Waals surface area contributed by atoms with E-state index in [1.807, 2.05) is 42.5 Å². The normalized spacial score (nSPS) is 16.7. The molecule has 1 N–H and O–H groups in total. The zero-order valence-corrected chi connectivity index (χ0v) is 17.2. The molecule has 1 saturated heterocycles. The van der Waals surface area contributed by atoms with Crippen molar-refractivity contribution in [2.45, 2.75) is 6.04 Å². The third-order valence-electron chi connectivity index (χ3n) is 4.76. The highest BCUT2D eigenvalue weighted by Gasteiger charge is 2.21. The molecule has 1 unspecified atom stereocenters. The van der Waals surface area contributed by atoms with Crippen molar-refractivity contribution >= 4 is 21.8 Å². The van der Waals surface area contributed by atoms with Gasteiger partial charge in [-0.1, -0.05) is 46.3 Å². The monoisotopic (exact) mass is 431 g/mol. The van der Waals surface area contributed by atoms with Gasteiger partial charge in [-0.3, -0.25) is 9.69 Å². The molecule has 1 aliphatic heterocycles. The predicted molar refractivity (Wildman–Crippen MR) is 111 cm³/mol. The minimum atomic E-state index is -0.110. The molecule has 0 radical (unpaired) electrons. The maximum absolute atomic E-state index is 12.5. The lowest BCUT2D eigenvalue weighted by molar-refractivity contribution is -0.124. The van der Waals surface area contributed by atoms with Crippen molar-refractivity contribution in [1.29, 1.82) is 0 Å². The SMILES string of the molecule is CN1CCN(CC(NC(=O)COc2ccc(Br)cc2)c2ccccc2)CC1. The average Bonchev–Trinajstić information content (AvgIpc) is 2.69. The number of amides is 1. The molecule has 2 aromatic carbocycles. The molecule has 1 atom stereocenters. The second-order valence-electron chi connectivity index (χ2n) is 6.88. The summed E-state index contributed by atoms with van der Waals surface area (Å²) in [7, 11) is 2.15. The van der Waals surface area contributed by atoms with Gasteiger partial charge >= 0.3 is 0 Å². The zero-order valence-electron chi connectivity index (χ0n) is 15.6. The van der Waals surface area contributed by atoms with Crippen LogP contribution in [0.3, 0.4) is 0 Å². The van der Waals surface area contributed by atoms with Crippen molar-refractivity contribution < 1.29 is 9.53 Å². The van der Waals surface area contributed by atoms with Gasteiger partial charge in [-0.2, -0.15) is 0 Å². The Morgan fingerprint density at radius 2 is 1.74 bits per heavy atom. The molecule has 0 bridgehead atoms. The Labute approximate surface area is 169 Å². The summed E-state index contributed by atoms with van der Waals surface area (Å²) in [5, 5.41) is 3.14. The second kappa shape index (κ2) is 9.88. The zero-order chi connectivity index (χ0) is 19.1. The fourth-order valence-electron chi connectivity index (χ4n) is 3.12. The van der Waals surface area contributed by atoms with E-state index in [1.165, 1.54) is 0 Å². The number of hydrogen-bond donors (Lipinski definition) is 1. The first kappa shape index (κ1) is 19.9. The van der Waals surface area contributed by atoms with Crippen LogP contribution in [0.2, 0.25) is 0 Å². The van der Waals surface area contributed by atoms with Crippen LogP contribution in [0.5, 0.6) is 5.75 Å². The quantitative estimate of drug-likeness (QED) is 0.731. The second-order valence-corrected chi connectivity index (χ2v) is 7.79. The Morgan fingerprint density at radius 1 is 1.07 bits per heavy atom. The van der Waals surface area contributed by atoms with Gasteiger partial charge in [0.25, 0.3) is 5.91 Å². The number of likely N-dealkylation sites (N-methyl/N-ethyl adjacent to an activating group) is 1. The predicted octanol–water partition coefficient (Wildman–Crippen LogP) is 2.93. The molecule has 1 heterocycles. The third-order valence-corrected chi connectivity index (χ3v) is 5.29. The highest BCUT2D eigenvalue weighted by molar-refractivity contribution is 9.10. The van der Waals surface area contributed by atoms with E-state index in [1.54, 1.807) is 0 Å². The summed E-state index contributed by atoms with van der Waals surface area (Å²) >= 11 is 3.39. The molecule has 1 amide bonds. The van der Waals surface area contributed by atoms with Gasteiger partial charge in [0.15, 0.2) is 6.61 Å². The third kappa shape index (κ3) is 6.34. The molecular weight excluding hydrogens is 406 g/mol. The number of piperazine rings is 1. The van der Waals surface area contributed by atoms with Gasteiger partial charge in [0.1, 0.15) is 5.75 Å². The van der Waals surface area contributed by atoms with Crippen LogP contribution >= 0.6 is 15.9 Å². The molecule has 0 spiro atoms. The minimum absolute atomic E-state index is 0.00764. The lowest BCUT2D eigenvalue weighted by Crippen LogP contribution is -2.48. The van der Waals surface area contributed by atoms with E-state index in [-0.39, 0.29) is 18.6 Å². The Kier molecular flexibility index (Phi) is 7.26. The number of benzene rings is 2. The molecule has 3 rings (SSSR count). The molecule has 2 aromatic rings. The molecule has 0 saturated carbocycles. The van der Waals surface area contributed by atoms with Gasteiger partial charge in [-0.15, -0.1) is 0 Å². The Hall–Kier alpha value is -1.89.